The van der Waals surface area contributed by atoms with Gasteiger partial charge in [0.25, 0.3) is 0 Å². The number of alkyl halides is 3. The highest BCUT2D eigenvalue weighted by Gasteiger charge is 2.30. The summed E-state index contributed by atoms with van der Waals surface area (Å²) < 4.78 is 37.4. The van der Waals surface area contributed by atoms with E-state index >= 15 is 0 Å². The number of amides is 2. The fourth-order valence-corrected chi connectivity index (χ4v) is 1.76. The first-order valence-electron chi connectivity index (χ1n) is 6.76. The number of carbonyl (C=O) groups excluding carboxylic acids is 2. The number of hydrogen-bond acceptors (Lipinski definition) is 3. The first-order valence-corrected chi connectivity index (χ1v) is 6.76. The van der Waals surface area contributed by atoms with Crippen LogP contribution in [0.3, 0.4) is 0 Å². The van der Waals surface area contributed by atoms with Crippen LogP contribution in [-0.2, 0) is 22.3 Å². The summed E-state index contributed by atoms with van der Waals surface area (Å²) in [7, 11) is 0. The lowest BCUT2D eigenvalue weighted by Gasteiger charge is -2.24. The number of nitrogens with two attached hydrogens (primary N) is 1. The molecule has 5 nitrogen and oxygen atoms in total. The van der Waals surface area contributed by atoms with Gasteiger partial charge in [0.2, 0.25) is 0 Å². The fraction of sp³-hybridized carbons (Fsp3) is 0.500. The van der Waals surface area contributed by atoms with E-state index in [1.807, 2.05) is 13.8 Å². The Labute approximate surface area is 126 Å². The number of carbonyl (C=O) groups is 2. The Hall–Kier alpha value is -2.12. The Balaban J connectivity index is 2.89. The quantitative estimate of drug-likeness (QED) is 0.843. The molecule has 1 rings (SSSR count). The molecule has 22 heavy (non-hydrogen) atoms. The van der Waals surface area contributed by atoms with Crippen molar-refractivity contribution in [2.24, 2.45) is 11.7 Å². The third-order valence-corrected chi connectivity index (χ3v) is 3.23. The molecule has 0 saturated carbocycles. The number of hydrogen-bond donors (Lipinski definition) is 1. The summed E-state index contributed by atoms with van der Waals surface area (Å²) >= 11 is 0. The standard InChI is InChI=1S/C14H18F3N3O2/c1-3-9(2)7-20(13(22)12(18)21)8-11-5-4-10(6-19-11)14(15,16)17/h4-6,9H,3,7-8H2,1-2H3,(H2,18,21)/t9-/m1/s1. The van der Waals surface area contributed by atoms with Crippen LogP contribution in [0, 0.1) is 5.92 Å². The van der Waals surface area contributed by atoms with Crippen LogP contribution in [0.5, 0.6) is 0 Å². The molecular weight excluding hydrogens is 299 g/mol. The van der Waals surface area contributed by atoms with Crippen molar-refractivity contribution in [3.8, 4) is 0 Å². The second-order valence-corrected chi connectivity index (χ2v) is 5.10. The molecule has 0 saturated heterocycles. The first-order chi connectivity index (χ1) is 10.1. The molecule has 0 aliphatic rings. The summed E-state index contributed by atoms with van der Waals surface area (Å²) in [6.45, 7) is 4.03. The average Bonchev–Trinajstić information content (AvgIpc) is 2.45. The van der Waals surface area contributed by atoms with Gasteiger partial charge in [-0.15, -0.1) is 0 Å². The number of primary amides is 1. The maximum Gasteiger partial charge on any atom is 0.417 e. The largest absolute Gasteiger partial charge is 0.417 e. The van der Waals surface area contributed by atoms with Crippen molar-refractivity contribution >= 4 is 11.8 Å². The van der Waals surface area contributed by atoms with Gasteiger partial charge in [-0.2, -0.15) is 13.2 Å². The molecule has 2 amide bonds. The van der Waals surface area contributed by atoms with Crippen LogP contribution < -0.4 is 5.73 Å². The molecule has 0 fully saturated rings. The molecule has 0 spiro atoms. The van der Waals surface area contributed by atoms with Gasteiger partial charge in [-0.1, -0.05) is 20.3 Å². The van der Waals surface area contributed by atoms with Crippen LogP contribution in [-0.4, -0.2) is 28.2 Å². The molecule has 8 heteroatoms. The van der Waals surface area contributed by atoms with Crippen LogP contribution in [0.4, 0.5) is 13.2 Å². The van der Waals surface area contributed by atoms with E-state index in [-0.39, 0.29) is 24.7 Å². The van der Waals surface area contributed by atoms with Crippen molar-refractivity contribution in [1.29, 1.82) is 0 Å². The molecule has 0 unspecified atom stereocenters. The zero-order valence-electron chi connectivity index (χ0n) is 12.4. The zero-order valence-corrected chi connectivity index (χ0v) is 12.4. The Bertz CT molecular complexity index is 529. The first kappa shape index (κ1) is 17.9. The topological polar surface area (TPSA) is 76.3 Å². The molecule has 0 bridgehead atoms. The molecule has 0 aromatic carbocycles. The molecule has 1 heterocycles. The Morgan fingerprint density at radius 1 is 1.36 bits per heavy atom. The van der Waals surface area contributed by atoms with Gasteiger partial charge in [-0.05, 0) is 18.1 Å². The van der Waals surface area contributed by atoms with Gasteiger partial charge in [0, 0.05) is 12.7 Å². The van der Waals surface area contributed by atoms with Gasteiger partial charge >= 0.3 is 18.0 Å². The van der Waals surface area contributed by atoms with Crippen LogP contribution in [0.1, 0.15) is 31.5 Å². The van der Waals surface area contributed by atoms with Crippen molar-refractivity contribution < 1.29 is 22.8 Å². The third-order valence-electron chi connectivity index (χ3n) is 3.23. The second-order valence-electron chi connectivity index (χ2n) is 5.10. The lowest BCUT2D eigenvalue weighted by Crippen LogP contribution is -2.42. The van der Waals surface area contributed by atoms with Crippen LogP contribution >= 0.6 is 0 Å². The smallest absolute Gasteiger partial charge is 0.361 e. The molecule has 0 aliphatic heterocycles. The molecule has 0 radical (unpaired) electrons. The van der Waals surface area contributed by atoms with Gasteiger partial charge in [-0.25, -0.2) is 0 Å². The van der Waals surface area contributed by atoms with E-state index in [0.29, 0.717) is 6.20 Å². The van der Waals surface area contributed by atoms with Gasteiger partial charge in [0.1, 0.15) is 0 Å². The van der Waals surface area contributed by atoms with Crippen molar-refractivity contribution in [2.45, 2.75) is 33.0 Å². The number of rotatable bonds is 5. The van der Waals surface area contributed by atoms with Crippen LogP contribution in [0.25, 0.3) is 0 Å². The predicted molar refractivity (Wildman–Crippen MR) is 73.3 cm³/mol. The molecule has 2 N–H and O–H groups in total. The minimum absolute atomic E-state index is 0.0652. The number of nitrogens with zero attached hydrogens (tertiary/aromatic N) is 2. The Morgan fingerprint density at radius 3 is 2.41 bits per heavy atom. The second kappa shape index (κ2) is 7.24. The monoisotopic (exact) mass is 317 g/mol. The van der Waals surface area contributed by atoms with E-state index in [1.165, 1.54) is 11.0 Å². The van der Waals surface area contributed by atoms with Gasteiger partial charge in [0.05, 0.1) is 17.8 Å². The van der Waals surface area contributed by atoms with Crippen molar-refractivity contribution in [2.75, 3.05) is 6.54 Å². The normalized spacial score (nSPS) is 12.8. The summed E-state index contributed by atoms with van der Waals surface area (Å²) in [5.41, 5.74) is 4.38. The number of aromatic nitrogens is 1. The average molecular weight is 317 g/mol. The highest BCUT2D eigenvalue weighted by atomic mass is 19.4. The SMILES string of the molecule is CC[C@@H](C)CN(Cc1ccc(C(F)(F)F)cn1)C(=O)C(N)=O. The predicted octanol–water partition coefficient (Wildman–Crippen LogP) is 1.96. The Kier molecular flexibility index (Phi) is 5.90. The van der Waals surface area contributed by atoms with E-state index in [9.17, 15) is 22.8 Å². The molecule has 122 valence electrons. The van der Waals surface area contributed by atoms with Crippen molar-refractivity contribution in [1.82, 2.24) is 9.88 Å². The number of halogens is 3. The maximum atomic E-state index is 12.5. The van der Waals surface area contributed by atoms with E-state index in [2.05, 4.69) is 4.98 Å². The fourth-order valence-electron chi connectivity index (χ4n) is 1.76. The highest BCUT2D eigenvalue weighted by Crippen LogP contribution is 2.28. The van der Waals surface area contributed by atoms with Crippen LogP contribution in [0.2, 0.25) is 0 Å². The van der Waals surface area contributed by atoms with Crippen molar-refractivity contribution in [3.05, 3.63) is 29.6 Å². The van der Waals surface area contributed by atoms with Gasteiger partial charge in [0.15, 0.2) is 0 Å². The van der Waals surface area contributed by atoms with Crippen LogP contribution in [0.15, 0.2) is 18.3 Å². The summed E-state index contributed by atoms with van der Waals surface area (Å²) in [5, 5.41) is 0. The molecule has 1 aromatic heterocycles. The van der Waals surface area contributed by atoms with Gasteiger partial charge < -0.3 is 10.6 Å². The molecular formula is C14H18F3N3O2. The lowest BCUT2D eigenvalue weighted by atomic mass is 10.1. The maximum absolute atomic E-state index is 12.5. The third kappa shape index (κ3) is 5.01. The summed E-state index contributed by atoms with van der Waals surface area (Å²) in [5.74, 6) is -1.85. The van der Waals surface area contributed by atoms with E-state index in [1.54, 1.807) is 0 Å². The Morgan fingerprint density at radius 2 is 2.00 bits per heavy atom. The van der Waals surface area contributed by atoms with E-state index < -0.39 is 23.6 Å². The summed E-state index contributed by atoms with van der Waals surface area (Å²) in [6.07, 6.45) is -2.99. The zero-order chi connectivity index (χ0) is 16.9. The lowest BCUT2D eigenvalue weighted by molar-refractivity contribution is -0.145. The van der Waals surface area contributed by atoms with E-state index in [4.69, 9.17) is 5.73 Å². The molecule has 0 aliphatic carbocycles. The van der Waals surface area contributed by atoms with E-state index in [0.717, 1.165) is 12.5 Å². The van der Waals surface area contributed by atoms with Gasteiger partial charge in [-0.3, -0.25) is 14.6 Å². The minimum Gasteiger partial charge on any atom is -0.361 e. The minimum atomic E-state index is -4.47. The molecule has 1 aromatic rings. The number of pyridine rings is 1. The van der Waals surface area contributed by atoms with Crippen molar-refractivity contribution in [3.63, 3.8) is 0 Å². The highest BCUT2D eigenvalue weighted by molar-refractivity contribution is 6.34. The molecule has 1 atom stereocenters. The summed E-state index contributed by atoms with van der Waals surface area (Å²) in [6, 6.07) is 2.07. The summed E-state index contributed by atoms with van der Waals surface area (Å²) in [4.78, 5) is 27.7.